The molecule has 4 rings (SSSR count). The topological polar surface area (TPSA) is 46.3 Å². The average Bonchev–Trinajstić information content (AvgIpc) is 3.10. The van der Waals surface area contributed by atoms with Crippen LogP contribution in [0.5, 0.6) is 0 Å². The van der Waals surface area contributed by atoms with Gasteiger partial charge in [-0.2, -0.15) is 0 Å². The van der Waals surface area contributed by atoms with Gasteiger partial charge < -0.3 is 9.32 Å². The molecule has 0 fully saturated rings. The minimum absolute atomic E-state index is 0.119. The Balaban J connectivity index is 1.66. The van der Waals surface area contributed by atoms with Gasteiger partial charge in [0.05, 0.1) is 6.54 Å². The van der Waals surface area contributed by atoms with Crippen LogP contribution in [0.2, 0.25) is 5.02 Å². The Labute approximate surface area is 174 Å². The molecule has 1 aromatic heterocycles. The highest BCUT2D eigenvalue weighted by Crippen LogP contribution is 2.21. The molecule has 0 aliphatic rings. The normalized spacial score (nSPS) is 11.0. The number of hydrogen-bond donors (Lipinski definition) is 0. The molecule has 1 amide bonds. The summed E-state index contributed by atoms with van der Waals surface area (Å²) >= 11 is 6.10. The second kappa shape index (κ2) is 8.10. The van der Waals surface area contributed by atoms with E-state index in [-0.39, 0.29) is 12.5 Å². The Kier molecular flexibility index (Phi) is 5.36. The molecule has 4 nitrogen and oxygen atoms in total. The van der Waals surface area contributed by atoms with Gasteiger partial charge in [-0.25, -0.2) is 4.98 Å². The lowest BCUT2D eigenvalue weighted by Crippen LogP contribution is -2.30. The fourth-order valence-corrected chi connectivity index (χ4v) is 3.42. The number of hydrogen-bond acceptors (Lipinski definition) is 3. The van der Waals surface area contributed by atoms with Gasteiger partial charge in [-0.15, -0.1) is 0 Å². The molecule has 4 aromatic rings. The number of aromatic nitrogens is 1. The first-order valence-electron chi connectivity index (χ1n) is 9.44. The maximum absolute atomic E-state index is 13.2. The molecule has 0 saturated carbocycles. The molecular formula is C24H21ClN2O2. The van der Waals surface area contributed by atoms with E-state index in [2.05, 4.69) is 4.98 Å². The summed E-state index contributed by atoms with van der Waals surface area (Å²) in [5, 5.41) is 0.531. The number of aryl methyl sites for hydroxylation is 2. The number of nitrogens with zero attached hydrogens (tertiary/aromatic N) is 2. The molecule has 0 bridgehead atoms. The Morgan fingerprint density at radius 2 is 1.72 bits per heavy atom. The Morgan fingerprint density at radius 3 is 2.48 bits per heavy atom. The lowest BCUT2D eigenvalue weighted by Gasteiger charge is -2.21. The number of carbonyl (C=O) groups excluding carboxylic acids is 1. The van der Waals surface area contributed by atoms with Crippen molar-refractivity contribution < 1.29 is 9.21 Å². The van der Waals surface area contributed by atoms with Crippen molar-refractivity contribution in [2.75, 3.05) is 0 Å². The summed E-state index contributed by atoms with van der Waals surface area (Å²) < 4.78 is 5.89. The molecule has 0 aliphatic carbocycles. The van der Waals surface area contributed by atoms with Crippen molar-refractivity contribution in [1.29, 1.82) is 0 Å². The zero-order chi connectivity index (χ0) is 20.4. The van der Waals surface area contributed by atoms with E-state index in [0.717, 1.165) is 22.2 Å². The molecule has 146 valence electrons. The molecule has 0 atom stereocenters. The lowest BCUT2D eigenvalue weighted by molar-refractivity contribution is 0.0715. The highest BCUT2D eigenvalue weighted by molar-refractivity contribution is 6.30. The molecule has 1 heterocycles. The third-order valence-corrected chi connectivity index (χ3v) is 5.00. The van der Waals surface area contributed by atoms with Crippen molar-refractivity contribution in [2.24, 2.45) is 0 Å². The van der Waals surface area contributed by atoms with Crippen molar-refractivity contribution in [3.05, 3.63) is 99.9 Å². The molecule has 29 heavy (non-hydrogen) atoms. The fourth-order valence-electron chi connectivity index (χ4n) is 3.23. The smallest absolute Gasteiger partial charge is 0.254 e. The quantitative estimate of drug-likeness (QED) is 0.413. The van der Waals surface area contributed by atoms with Crippen molar-refractivity contribution >= 4 is 28.6 Å². The Hall–Kier alpha value is -3.11. The zero-order valence-electron chi connectivity index (χ0n) is 16.4. The number of oxazole rings is 1. The first-order valence-corrected chi connectivity index (χ1v) is 9.82. The minimum Gasteiger partial charge on any atom is -0.439 e. The van der Waals surface area contributed by atoms with E-state index in [0.29, 0.717) is 23.0 Å². The number of carbonyl (C=O) groups is 1. The van der Waals surface area contributed by atoms with E-state index in [1.54, 1.807) is 29.2 Å². The first kappa shape index (κ1) is 19.2. The molecule has 0 saturated heterocycles. The molecule has 0 unspecified atom stereocenters. The van der Waals surface area contributed by atoms with Crippen LogP contribution in [0.1, 0.15) is 32.9 Å². The van der Waals surface area contributed by atoms with Crippen LogP contribution in [0.15, 0.2) is 71.1 Å². The standard InChI is InChI=1S/C24H21ClN2O2/c1-16-6-9-18(10-7-16)14-27(24(28)19-4-3-5-20(25)13-19)15-23-26-21-12-17(2)8-11-22(21)29-23/h3-13H,14-15H2,1-2H3. The molecule has 5 heteroatoms. The summed E-state index contributed by atoms with van der Waals surface area (Å²) in [5.41, 5.74) is 5.38. The Bertz CT molecular complexity index is 1170. The van der Waals surface area contributed by atoms with Crippen molar-refractivity contribution in [1.82, 2.24) is 9.88 Å². The van der Waals surface area contributed by atoms with Crippen LogP contribution in [0.25, 0.3) is 11.1 Å². The van der Waals surface area contributed by atoms with Crippen molar-refractivity contribution in [3.8, 4) is 0 Å². The second-order valence-corrected chi connectivity index (χ2v) is 7.67. The molecule has 0 aliphatic heterocycles. The van der Waals surface area contributed by atoms with Gasteiger partial charge in [0.15, 0.2) is 5.58 Å². The third-order valence-electron chi connectivity index (χ3n) is 4.77. The highest BCUT2D eigenvalue weighted by Gasteiger charge is 2.20. The highest BCUT2D eigenvalue weighted by atomic mass is 35.5. The van der Waals surface area contributed by atoms with Crippen LogP contribution < -0.4 is 0 Å². The van der Waals surface area contributed by atoms with E-state index < -0.39 is 0 Å². The van der Waals surface area contributed by atoms with E-state index >= 15 is 0 Å². The van der Waals surface area contributed by atoms with Gasteiger partial charge >= 0.3 is 0 Å². The molecule has 0 spiro atoms. The van der Waals surface area contributed by atoms with Gasteiger partial charge in [0.2, 0.25) is 5.89 Å². The van der Waals surface area contributed by atoms with Gasteiger partial charge in [-0.1, -0.05) is 53.6 Å². The summed E-state index contributed by atoms with van der Waals surface area (Å²) in [4.78, 5) is 19.5. The van der Waals surface area contributed by atoms with Crippen LogP contribution in [-0.2, 0) is 13.1 Å². The summed E-state index contributed by atoms with van der Waals surface area (Å²) in [6, 6.07) is 21.0. The number of rotatable bonds is 5. The largest absolute Gasteiger partial charge is 0.439 e. The van der Waals surface area contributed by atoms with E-state index in [9.17, 15) is 4.79 Å². The van der Waals surface area contributed by atoms with Crippen LogP contribution in [0.3, 0.4) is 0 Å². The van der Waals surface area contributed by atoms with Crippen LogP contribution >= 0.6 is 11.6 Å². The second-order valence-electron chi connectivity index (χ2n) is 7.24. The zero-order valence-corrected chi connectivity index (χ0v) is 17.1. The number of halogens is 1. The van der Waals surface area contributed by atoms with E-state index in [1.807, 2.05) is 56.3 Å². The van der Waals surface area contributed by atoms with Gasteiger partial charge in [0.25, 0.3) is 5.91 Å². The maximum atomic E-state index is 13.2. The molecule has 3 aromatic carbocycles. The number of benzene rings is 3. The van der Waals surface area contributed by atoms with Gasteiger partial charge in [-0.3, -0.25) is 4.79 Å². The van der Waals surface area contributed by atoms with E-state index in [1.165, 1.54) is 5.56 Å². The van der Waals surface area contributed by atoms with Gasteiger partial charge in [-0.05, 0) is 55.3 Å². The SMILES string of the molecule is Cc1ccc(CN(Cc2nc3cc(C)ccc3o2)C(=O)c2cccc(Cl)c2)cc1. The van der Waals surface area contributed by atoms with Crippen molar-refractivity contribution in [2.45, 2.75) is 26.9 Å². The maximum Gasteiger partial charge on any atom is 0.254 e. The van der Waals surface area contributed by atoms with Gasteiger partial charge in [0, 0.05) is 17.1 Å². The van der Waals surface area contributed by atoms with Crippen molar-refractivity contribution in [3.63, 3.8) is 0 Å². The molecular weight excluding hydrogens is 384 g/mol. The molecule has 0 radical (unpaired) electrons. The Morgan fingerprint density at radius 1 is 0.966 bits per heavy atom. The van der Waals surface area contributed by atoms with Crippen LogP contribution in [-0.4, -0.2) is 15.8 Å². The molecule has 0 N–H and O–H groups in total. The summed E-state index contributed by atoms with van der Waals surface area (Å²) in [5.74, 6) is 0.389. The first-order chi connectivity index (χ1) is 14.0. The van der Waals surface area contributed by atoms with E-state index in [4.69, 9.17) is 16.0 Å². The monoisotopic (exact) mass is 404 g/mol. The summed E-state index contributed by atoms with van der Waals surface area (Å²) in [6.07, 6.45) is 0. The summed E-state index contributed by atoms with van der Waals surface area (Å²) in [6.45, 7) is 4.77. The van der Waals surface area contributed by atoms with Crippen LogP contribution in [0.4, 0.5) is 0 Å². The average molecular weight is 405 g/mol. The predicted octanol–water partition coefficient (Wildman–Crippen LogP) is 5.94. The number of fused-ring (bicyclic) bond motifs is 1. The lowest BCUT2D eigenvalue weighted by atomic mass is 10.1. The van der Waals surface area contributed by atoms with Crippen LogP contribution in [0, 0.1) is 13.8 Å². The third kappa shape index (κ3) is 4.49. The predicted molar refractivity (Wildman–Crippen MR) is 115 cm³/mol. The minimum atomic E-state index is -0.119. The van der Waals surface area contributed by atoms with Gasteiger partial charge in [0.1, 0.15) is 5.52 Å². The summed E-state index contributed by atoms with van der Waals surface area (Å²) in [7, 11) is 0. The fraction of sp³-hybridized carbons (Fsp3) is 0.167. The number of amides is 1.